The maximum absolute atomic E-state index is 11.8. The number of hydrogen-bond acceptors (Lipinski definition) is 7. The van der Waals surface area contributed by atoms with Gasteiger partial charge in [-0.2, -0.15) is 9.78 Å². The molecule has 43 heavy (non-hydrogen) atoms. The summed E-state index contributed by atoms with van der Waals surface area (Å²) >= 11 is 0. The lowest BCUT2D eigenvalue weighted by atomic mass is 9.91. The third kappa shape index (κ3) is 5.96. The van der Waals surface area contributed by atoms with Gasteiger partial charge in [0, 0.05) is 31.3 Å². The van der Waals surface area contributed by atoms with Crippen LogP contribution in [0.4, 0.5) is 0 Å². The van der Waals surface area contributed by atoms with Crippen molar-refractivity contribution in [1.82, 2.24) is 19.7 Å². The van der Waals surface area contributed by atoms with Gasteiger partial charge < -0.3 is 19.3 Å². The van der Waals surface area contributed by atoms with E-state index in [-0.39, 0.29) is 17.5 Å². The van der Waals surface area contributed by atoms with Crippen LogP contribution in [0.1, 0.15) is 78.3 Å². The Morgan fingerprint density at radius 2 is 2.05 bits per heavy atom. The molecule has 1 fully saturated rings. The summed E-state index contributed by atoms with van der Waals surface area (Å²) in [7, 11) is 0. The SMILES string of the molecule is CC1=C(OCc2ccc3c(c2C)CCN([C@@H]2CCOC2)C3)C(c2cccc(-n3ncc(C(=O)O)c3OC(C)C)n2)=CCC1. The first-order chi connectivity index (χ1) is 20.8. The van der Waals surface area contributed by atoms with Gasteiger partial charge in [-0.15, -0.1) is 0 Å². The van der Waals surface area contributed by atoms with Crippen molar-refractivity contribution in [1.29, 1.82) is 0 Å². The highest BCUT2D eigenvalue weighted by atomic mass is 16.5. The Hall–Kier alpha value is -3.95. The molecule has 4 heterocycles. The zero-order valence-corrected chi connectivity index (χ0v) is 25.4. The van der Waals surface area contributed by atoms with Crippen LogP contribution in [0.5, 0.6) is 5.88 Å². The van der Waals surface area contributed by atoms with E-state index in [2.05, 4.69) is 42.1 Å². The molecule has 0 spiro atoms. The van der Waals surface area contributed by atoms with Crippen LogP contribution in [0, 0.1) is 6.92 Å². The third-order valence-corrected chi connectivity index (χ3v) is 8.65. The zero-order valence-electron chi connectivity index (χ0n) is 25.4. The molecule has 0 unspecified atom stereocenters. The fourth-order valence-electron chi connectivity index (χ4n) is 6.30. The first-order valence-electron chi connectivity index (χ1n) is 15.2. The number of rotatable bonds is 9. The van der Waals surface area contributed by atoms with Crippen LogP contribution < -0.4 is 4.74 Å². The minimum Gasteiger partial charge on any atom is -0.488 e. The van der Waals surface area contributed by atoms with E-state index in [1.54, 1.807) is 6.07 Å². The molecule has 2 aromatic heterocycles. The molecule has 9 nitrogen and oxygen atoms in total. The molecule has 3 aromatic rings. The fraction of sp³-hybridized carbons (Fsp3) is 0.441. The first kappa shape index (κ1) is 29.1. The summed E-state index contributed by atoms with van der Waals surface area (Å²) in [5.74, 6) is 0.398. The molecule has 0 radical (unpaired) electrons. The van der Waals surface area contributed by atoms with Crippen LogP contribution in [0.15, 0.2) is 53.9 Å². The monoisotopic (exact) mass is 584 g/mol. The van der Waals surface area contributed by atoms with Crippen LogP contribution in [0.3, 0.4) is 0 Å². The molecule has 2 aliphatic heterocycles. The summed E-state index contributed by atoms with van der Waals surface area (Å²) in [6.07, 6.45) is 7.25. The quantitative estimate of drug-likeness (QED) is 0.333. The van der Waals surface area contributed by atoms with Crippen LogP contribution in [0.2, 0.25) is 0 Å². The molecule has 0 saturated carbocycles. The fourth-order valence-corrected chi connectivity index (χ4v) is 6.30. The molecule has 9 heteroatoms. The Bertz CT molecular complexity index is 1580. The van der Waals surface area contributed by atoms with Gasteiger partial charge in [0.15, 0.2) is 5.82 Å². The summed E-state index contributed by atoms with van der Waals surface area (Å²) < 4.78 is 19.5. The average Bonchev–Trinajstić information content (AvgIpc) is 3.68. The van der Waals surface area contributed by atoms with E-state index in [1.807, 2.05) is 26.0 Å². The Kier molecular flexibility index (Phi) is 8.36. The number of aromatic nitrogens is 3. The number of allylic oxidation sites excluding steroid dienone is 3. The van der Waals surface area contributed by atoms with Crippen molar-refractivity contribution in [2.45, 2.75) is 78.7 Å². The van der Waals surface area contributed by atoms with Crippen molar-refractivity contribution < 1.29 is 24.1 Å². The Morgan fingerprint density at radius 3 is 2.81 bits per heavy atom. The number of pyridine rings is 1. The lowest BCUT2D eigenvalue weighted by molar-refractivity contribution is 0.0690. The van der Waals surface area contributed by atoms with Crippen molar-refractivity contribution in [3.05, 3.63) is 87.4 Å². The number of hydrogen-bond donors (Lipinski definition) is 1. The molecule has 1 atom stereocenters. The molecule has 226 valence electrons. The van der Waals surface area contributed by atoms with Crippen LogP contribution >= 0.6 is 0 Å². The molecule has 1 N–H and O–H groups in total. The maximum Gasteiger partial charge on any atom is 0.342 e. The molecule has 3 aliphatic rings. The first-order valence-corrected chi connectivity index (χ1v) is 15.2. The van der Waals surface area contributed by atoms with Gasteiger partial charge in [0.1, 0.15) is 17.9 Å². The van der Waals surface area contributed by atoms with Gasteiger partial charge >= 0.3 is 5.97 Å². The maximum atomic E-state index is 11.8. The molecular formula is C34H40N4O5. The second-order valence-electron chi connectivity index (χ2n) is 11.9. The van der Waals surface area contributed by atoms with Gasteiger partial charge in [0.25, 0.3) is 0 Å². The van der Waals surface area contributed by atoms with E-state index in [9.17, 15) is 9.90 Å². The minimum absolute atomic E-state index is 0.00164. The molecule has 6 rings (SSSR count). The Morgan fingerprint density at radius 1 is 1.19 bits per heavy atom. The van der Waals surface area contributed by atoms with E-state index in [0.717, 1.165) is 69.0 Å². The Balaban J connectivity index is 1.23. The van der Waals surface area contributed by atoms with Crippen molar-refractivity contribution in [3.8, 4) is 11.7 Å². The van der Waals surface area contributed by atoms with Gasteiger partial charge in [-0.1, -0.05) is 24.3 Å². The second-order valence-corrected chi connectivity index (χ2v) is 11.9. The normalized spacial score (nSPS) is 19.0. The molecule has 0 bridgehead atoms. The van der Waals surface area contributed by atoms with Crippen LogP contribution in [-0.2, 0) is 29.0 Å². The summed E-state index contributed by atoms with van der Waals surface area (Å²) in [6.45, 7) is 12.3. The molecule has 1 aliphatic carbocycles. The van der Waals surface area contributed by atoms with Gasteiger partial charge in [-0.3, -0.25) is 4.90 Å². The van der Waals surface area contributed by atoms with Crippen molar-refractivity contribution >= 4 is 11.5 Å². The number of fused-ring (bicyclic) bond motifs is 1. The van der Waals surface area contributed by atoms with E-state index >= 15 is 0 Å². The highest BCUT2D eigenvalue weighted by Gasteiger charge is 2.28. The molecule has 1 aromatic carbocycles. The van der Waals surface area contributed by atoms with Crippen molar-refractivity contribution in [2.75, 3.05) is 19.8 Å². The van der Waals surface area contributed by atoms with E-state index < -0.39 is 5.97 Å². The second kappa shape index (κ2) is 12.3. The van der Waals surface area contributed by atoms with Gasteiger partial charge in [-0.25, -0.2) is 9.78 Å². The van der Waals surface area contributed by atoms with Crippen molar-refractivity contribution in [3.63, 3.8) is 0 Å². The minimum atomic E-state index is -1.10. The zero-order chi connectivity index (χ0) is 30.1. The largest absolute Gasteiger partial charge is 0.488 e. The summed E-state index contributed by atoms with van der Waals surface area (Å²) in [5, 5.41) is 14.0. The van der Waals surface area contributed by atoms with E-state index in [1.165, 1.54) is 38.7 Å². The lowest BCUT2D eigenvalue weighted by Gasteiger charge is -2.34. The predicted molar refractivity (Wildman–Crippen MR) is 163 cm³/mol. The number of ether oxygens (including phenoxy) is 3. The van der Waals surface area contributed by atoms with Gasteiger partial charge in [-0.05, 0) is 93.3 Å². The van der Waals surface area contributed by atoms with Gasteiger partial charge in [0.05, 0.1) is 24.6 Å². The molecule has 0 amide bonds. The number of carbonyl (C=O) groups is 1. The van der Waals surface area contributed by atoms with Crippen LogP contribution in [0.25, 0.3) is 11.4 Å². The summed E-state index contributed by atoms with van der Waals surface area (Å²) in [4.78, 5) is 19.3. The number of aromatic carboxylic acids is 1. The standard InChI is InChI=1S/C34H40N4O5/c1-21(2)43-33-29(34(39)40)17-35-38(33)31-10-6-9-30(36-31)28-8-5-7-22(3)32(28)42-19-25-12-11-24-18-37(26-14-16-41-20-26)15-13-27(24)23(25)4/h6,8-12,17,21,26H,5,7,13-16,18-20H2,1-4H3,(H,39,40)/t26-/m1/s1. The molecule has 1 saturated heterocycles. The van der Waals surface area contributed by atoms with E-state index in [0.29, 0.717) is 18.5 Å². The van der Waals surface area contributed by atoms with Crippen LogP contribution in [-0.4, -0.2) is 62.6 Å². The highest BCUT2D eigenvalue weighted by Crippen LogP contribution is 2.35. The van der Waals surface area contributed by atoms with Crippen molar-refractivity contribution in [2.24, 2.45) is 0 Å². The average molecular weight is 585 g/mol. The molecular weight excluding hydrogens is 544 g/mol. The summed E-state index contributed by atoms with van der Waals surface area (Å²) in [5.41, 5.74) is 8.26. The number of carboxylic acid groups (broad SMARTS) is 1. The topological polar surface area (TPSA) is 98.9 Å². The number of benzene rings is 1. The van der Waals surface area contributed by atoms with E-state index in [4.69, 9.17) is 19.2 Å². The number of carboxylic acids is 1. The summed E-state index contributed by atoms with van der Waals surface area (Å²) in [6, 6.07) is 10.7. The predicted octanol–water partition coefficient (Wildman–Crippen LogP) is 5.88. The Labute approximate surface area is 252 Å². The van der Waals surface area contributed by atoms with Gasteiger partial charge in [0.2, 0.25) is 5.88 Å². The third-order valence-electron chi connectivity index (χ3n) is 8.65. The smallest absolute Gasteiger partial charge is 0.342 e. The number of nitrogens with zero attached hydrogens (tertiary/aromatic N) is 4. The highest BCUT2D eigenvalue weighted by molar-refractivity contribution is 5.90. The lowest BCUT2D eigenvalue weighted by Crippen LogP contribution is -2.39.